The molecular formula is C17H21N3O3S. The van der Waals surface area contributed by atoms with Crippen molar-refractivity contribution in [3.05, 3.63) is 23.9 Å². The van der Waals surface area contributed by atoms with Crippen LogP contribution in [0.1, 0.15) is 43.0 Å². The molecule has 1 aromatic rings. The van der Waals surface area contributed by atoms with Gasteiger partial charge in [0.15, 0.2) is 5.79 Å². The number of carbonyl (C=O) groups excluding carboxylic acids is 1. The minimum Gasteiger partial charge on any atom is -0.348 e. The van der Waals surface area contributed by atoms with Crippen LogP contribution >= 0.6 is 11.8 Å². The number of pyridine rings is 1. The SMILES string of the molecule is CCSc1ccc(C(=O)NC2(C#N)CCC3(CC2)OCCO3)cn1. The molecule has 2 fully saturated rings. The number of hydrogen-bond donors (Lipinski definition) is 1. The number of ether oxygens (including phenoxy) is 2. The van der Waals surface area contributed by atoms with Gasteiger partial charge in [-0.3, -0.25) is 4.79 Å². The number of nitrogens with one attached hydrogen (secondary N) is 1. The molecule has 0 radical (unpaired) electrons. The first kappa shape index (κ1) is 17.2. The van der Waals surface area contributed by atoms with E-state index < -0.39 is 11.3 Å². The molecule has 0 unspecified atom stereocenters. The van der Waals surface area contributed by atoms with Crippen molar-refractivity contribution in [3.63, 3.8) is 0 Å². The first-order chi connectivity index (χ1) is 11.6. The largest absolute Gasteiger partial charge is 0.348 e. The van der Waals surface area contributed by atoms with Crippen molar-refractivity contribution in [1.82, 2.24) is 10.3 Å². The monoisotopic (exact) mass is 347 g/mol. The Kier molecular flexibility index (Phi) is 5.09. The lowest BCUT2D eigenvalue weighted by molar-refractivity contribution is -0.182. The lowest BCUT2D eigenvalue weighted by Gasteiger charge is -2.40. The Morgan fingerprint density at radius 2 is 2.04 bits per heavy atom. The predicted molar refractivity (Wildman–Crippen MR) is 89.5 cm³/mol. The Hall–Kier alpha value is -1.62. The fourth-order valence-electron chi connectivity index (χ4n) is 3.15. The lowest BCUT2D eigenvalue weighted by atomic mass is 9.79. The van der Waals surface area contributed by atoms with E-state index in [1.54, 1.807) is 24.0 Å². The molecule has 7 heteroatoms. The Labute approximate surface area is 145 Å². The molecular weight excluding hydrogens is 326 g/mol. The number of nitriles is 1. The molecule has 1 N–H and O–H groups in total. The highest BCUT2D eigenvalue weighted by Gasteiger charge is 2.47. The molecule has 0 atom stereocenters. The van der Waals surface area contributed by atoms with Crippen LogP contribution < -0.4 is 5.32 Å². The average molecular weight is 347 g/mol. The third kappa shape index (κ3) is 3.56. The van der Waals surface area contributed by atoms with Crippen molar-refractivity contribution in [2.75, 3.05) is 19.0 Å². The summed E-state index contributed by atoms with van der Waals surface area (Å²) in [5.41, 5.74) is -0.396. The number of rotatable bonds is 4. The Balaban J connectivity index is 1.64. The summed E-state index contributed by atoms with van der Waals surface area (Å²) >= 11 is 1.62. The van der Waals surface area contributed by atoms with Crippen LogP contribution in [0.25, 0.3) is 0 Å². The highest BCUT2D eigenvalue weighted by Crippen LogP contribution is 2.40. The second-order valence-corrected chi connectivity index (χ2v) is 7.36. The van der Waals surface area contributed by atoms with Crippen LogP contribution in [0.2, 0.25) is 0 Å². The number of nitrogens with zero attached hydrogens (tertiary/aromatic N) is 2. The number of amides is 1. The minimum absolute atomic E-state index is 0.263. The van der Waals surface area contributed by atoms with Crippen LogP contribution in [-0.2, 0) is 9.47 Å². The first-order valence-electron chi connectivity index (χ1n) is 8.21. The van der Waals surface area contributed by atoms with E-state index in [2.05, 4.69) is 23.3 Å². The zero-order valence-corrected chi connectivity index (χ0v) is 14.5. The van der Waals surface area contributed by atoms with Gasteiger partial charge in [-0.2, -0.15) is 5.26 Å². The molecule has 1 spiro atoms. The van der Waals surface area contributed by atoms with Crippen LogP contribution in [0, 0.1) is 11.3 Å². The number of thioether (sulfide) groups is 1. The fraction of sp³-hybridized carbons (Fsp3) is 0.588. The van der Waals surface area contributed by atoms with Crippen LogP contribution in [0.15, 0.2) is 23.4 Å². The molecule has 2 aliphatic rings. The zero-order chi connectivity index (χ0) is 17.0. The van der Waals surface area contributed by atoms with E-state index in [0.717, 1.165) is 10.8 Å². The summed E-state index contributed by atoms with van der Waals surface area (Å²) in [6, 6.07) is 5.87. The Morgan fingerprint density at radius 1 is 1.33 bits per heavy atom. The molecule has 1 saturated carbocycles. The smallest absolute Gasteiger partial charge is 0.254 e. The van der Waals surface area contributed by atoms with Gasteiger partial charge in [0.25, 0.3) is 5.91 Å². The van der Waals surface area contributed by atoms with Gasteiger partial charge in [0.1, 0.15) is 5.54 Å². The Bertz CT molecular complexity index is 625. The van der Waals surface area contributed by atoms with E-state index in [0.29, 0.717) is 44.5 Å². The lowest BCUT2D eigenvalue weighted by Crippen LogP contribution is -2.53. The van der Waals surface area contributed by atoms with Gasteiger partial charge in [0.2, 0.25) is 0 Å². The van der Waals surface area contributed by atoms with Crippen molar-refractivity contribution in [3.8, 4) is 6.07 Å². The van der Waals surface area contributed by atoms with E-state index in [1.807, 2.05) is 6.07 Å². The molecule has 1 saturated heterocycles. The van der Waals surface area contributed by atoms with E-state index in [-0.39, 0.29) is 5.91 Å². The predicted octanol–water partition coefficient (Wildman–Crippen LogP) is 2.50. The van der Waals surface area contributed by atoms with Crippen molar-refractivity contribution >= 4 is 17.7 Å². The summed E-state index contributed by atoms with van der Waals surface area (Å²) in [7, 11) is 0. The van der Waals surface area contributed by atoms with Crippen molar-refractivity contribution < 1.29 is 14.3 Å². The van der Waals surface area contributed by atoms with Crippen LogP contribution in [0.4, 0.5) is 0 Å². The number of hydrogen-bond acceptors (Lipinski definition) is 6. The van der Waals surface area contributed by atoms with Crippen LogP contribution in [-0.4, -0.2) is 41.2 Å². The molecule has 1 aromatic heterocycles. The van der Waals surface area contributed by atoms with Crippen molar-refractivity contribution in [2.24, 2.45) is 0 Å². The standard InChI is InChI=1S/C17H21N3O3S/c1-2-24-14-4-3-13(11-19-14)15(21)20-16(12-18)5-7-17(8-6-16)22-9-10-23-17/h3-4,11H,2,5-10H2,1H3,(H,20,21). The van der Waals surface area contributed by atoms with Gasteiger partial charge in [0.05, 0.1) is 29.9 Å². The third-order valence-corrected chi connectivity index (χ3v) is 5.36. The highest BCUT2D eigenvalue weighted by molar-refractivity contribution is 7.99. The summed E-state index contributed by atoms with van der Waals surface area (Å²) in [6.45, 7) is 3.25. The normalized spacial score (nSPS) is 21.3. The molecule has 1 amide bonds. The average Bonchev–Trinajstić information content (AvgIpc) is 3.07. The zero-order valence-electron chi connectivity index (χ0n) is 13.7. The Morgan fingerprint density at radius 3 is 2.58 bits per heavy atom. The maximum atomic E-state index is 12.5. The second kappa shape index (κ2) is 7.09. The topological polar surface area (TPSA) is 84.2 Å². The van der Waals surface area contributed by atoms with E-state index in [4.69, 9.17) is 9.47 Å². The van der Waals surface area contributed by atoms with Gasteiger partial charge in [-0.15, -0.1) is 11.8 Å². The molecule has 24 heavy (non-hydrogen) atoms. The van der Waals surface area contributed by atoms with Gasteiger partial charge >= 0.3 is 0 Å². The first-order valence-corrected chi connectivity index (χ1v) is 9.19. The van der Waals surface area contributed by atoms with Gasteiger partial charge in [-0.25, -0.2) is 4.98 Å². The summed E-state index contributed by atoms with van der Waals surface area (Å²) < 4.78 is 11.4. The molecule has 0 bridgehead atoms. The van der Waals surface area contributed by atoms with E-state index in [1.165, 1.54) is 0 Å². The highest BCUT2D eigenvalue weighted by atomic mass is 32.2. The quantitative estimate of drug-likeness (QED) is 0.843. The minimum atomic E-state index is -0.867. The van der Waals surface area contributed by atoms with E-state index in [9.17, 15) is 10.1 Å². The maximum Gasteiger partial charge on any atom is 0.254 e. The van der Waals surface area contributed by atoms with E-state index >= 15 is 0 Å². The van der Waals surface area contributed by atoms with Crippen molar-refractivity contribution in [2.45, 2.75) is 49.0 Å². The molecule has 0 aromatic carbocycles. The van der Waals surface area contributed by atoms with Gasteiger partial charge in [-0.05, 0) is 30.7 Å². The maximum absolute atomic E-state index is 12.5. The molecule has 3 rings (SSSR count). The summed E-state index contributed by atoms with van der Waals surface area (Å²) in [4.78, 5) is 16.8. The van der Waals surface area contributed by atoms with Gasteiger partial charge in [0, 0.05) is 19.0 Å². The number of aromatic nitrogens is 1. The molecule has 1 aliphatic carbocycles. The fourth-order valence-corrected chi connectivity index (χ4v) is 3.73. The van der Waals surface area contributed by atoms with Crippen LogP contribution in [0.5, 0.6) is 0 Å². The molecule has 1 aliphatic heterocycles. The van der Waals surface area contributed by atoms with Crippen LogP contribution in [0.3, 0.4) is 0 Å². The summed E-state index contributed by atoms with van der Waals surface area (Å²) in [5.74, 6) is 0.120. The number of carbonyl (C=O) groups is 1. The summed E-state index contributed by atoms with van der Waals surface area (Å²) in [6.07, 6.45) is 3.83. The third-order valence-electron chi connectivity index (χ3n) is 4.54. The molecule has 2 heterocycles. The van der Waals surface area contributed by atoms with Gasteiger partial charge < -0.3 is 14.8 Å². The molecule has 6 nitrogen and oxygen atoms in total. The van der Waals surface area contributed by atoms with Crippen molar-refractivity contribution in [1.29, 1.82) is 5.26 Å². The molecule has 128 valence electrons. The second-order valence-electron chi connectivity index (χ2n) is 6.07. The summed E-state index contributed by atoms with van der Waals surface area (Å²) in [5, 5.41) is 13.4. The van der Waals surface area contributed by atoms with Gasteiger partial charge in [-0.1, -0.05) is 6.92 Å².